The molecule has 2 fully saturated rings. The average molecular weight is 282 g/mol. The van der Waals surface area contributed by atoms with Crippen LogP contribution >= 0.6 is 0 Å². The van der Waals surface area contributed by atoms with Crippen molar-refractivity contribution in [3.63, 3.8) is 0 Å². The number of hydrogen-bond acceptors (Lipinski definition) is 3. The van der Waals surface area contributed by atoms with E-state index in [1.54, 1.807) is 0 Å². The number of rotatable bonds is 6. The van der Waals surface area contributed by atoms with E-state index in [9.17, 15) is 0 Å². The molecule has 2 aliphatic rings. The molecule has 0 aromatic rings. The molecule has 3 heteroatoms. The second kappa shape index (κ2) is 8.35. The summed E-state index contributed by atoms with van der Waals surface area (Å²) in [6.45, 7) is 8.84. The summed E-state index contributed by atoms with van der Waals surface area (Å²) in [7, 11) is 2.33. The van der Waals surface area contributed by atoms with E-state index in [2.05, 4.69) is 31.1 Å². The average Bonchev–Trinajstić information content (AvgIpc) is 2.49. The maximum absolute atomic E-state index is 5.64. The van der Waals surface area contributed by atoms with Gasteiger partial charge >= 0.3 is 0 Å². The number of likely N-dealkylation sites (N-methyl/N-ethyl adjacent to an activating group) is 2. The third-order valence-corrected chi connectivity index (χ3v) is 5.34. The normalized spacial score (nSPS) is 35.4. The van der Waals surface area contributed by atoms with Gasteiger partial charge in [-0.1, -0.05) is 20.3 Å². The lowest BCUT2D eigenvalue weighted by molar-refractivity contribution is 0.0254. The van der Waals surface area contributed by atoms with Crippen LogP contribution in [-0.2, 0) is 4.74 Å². The molecule has 1 saturated heterocycles. The highest BCUT2D eigenvalue weighted by molar-refractivity contribution is 4.90. The summed E-state index contributed by atoms with van der Waals surface area (Å²) in [4.78, 5) is 2.63. The minimum Gasteiger partial charge on any atom is -0.381 e. The van der Waals surface area contributed by atoms with E-state index in [0.717, 1.165) is 37.6 Å². The quantitative estimate of drug-likeness (QED) is 0.811. The molecule has 118 valence electrons. The Labute approximate surface area is 125 Å². The lowest BCUT2D eigenvalue weighted by Crippen LogP contribution is -2.53. The predicted molar refractivity (Wildman–Crippen MR) is 85.1 cm³/mol. The van der Waals surface area contributed by atoms with Crippen LogP contribution in [-0.4, -0.2) is 50.3 Å². The smallest absolute Gasteiger partial charge is 0.0506 e. The third kappa shape index (κ3) is 4.44. The maximum Gasteiger partial charge on any atom is 0.0506 e. The topological polar surface area (TPSA) is 24.5 Å². The molecule has 1 saturated carbocycles. The van der Waals surface area contributed by atoms with Gasteiger partial charge in [0.2, 0.25) is 0 Å². The summed E-state index contributed by atoms with van der Waals surface area (Å²) in [5.74, 6) is 1.68. The Morgan fingerprint density at radius 2 is 2.00 bits per heavy atom. The molecule has 0 aromatic carbocycles. The fraction of sp³-hybridized carbons (Fsp3) is 1.00. The van der Waals surface area contributed by atoms with E-state index in [-0.39, 0.29) is 0 Å². The van der Waals surface area contributed by atoms with Crippen LogP contribution < -0.4 is 5.32 Å². The molecule has 4 atom stereocenters. The first-order valence-corrected chi connectivity index (χ1v) is 8.75. The van der Waals surface area contributed by atoms with Gasteiger partial charge in [-0.25, -0.2) is 0 Å². The molecule has 1 N–H and O–H groups in total. The summed E-state index contributed by atoms with van der Waals surface area (Å²) in [5, 5.41) is 3.72. The van der Waals surface area contributed by atoms with E-state index < -0.39 is 0 Å². The van der Waals surface area contributed by atoms with Crippen molar-refractivity contribution in [2.45, 2.75) is 64.5 Å². The van der Waals surface area contributed by atoms with Crippen LogP contribution in [0.1, 0.15) is 52.4 Å². The van der Waals surface area contributed by atoms with Gasteiger partial charge in [-0.2, -0.15) is 0 Å². The van der Waals surface area contributed by atoms with Crippen molar-refractivity contribution in [3.05, 3.63) is 0 Å². The molecule has 1 heterocycles. The van der Waals surface area contributed by atoms with Crippen molar-refractivity contribution in [1.82, 2.24) is 10.2 Å². The van der Waals surface area contributed by atoms with Crippen LogP contribution in [0.4, 0.5) is 0 Å². The molecule has 1 aliphatic carbocycles. The lowest BCUT2D eigenvalue weighted by atomic mass is 9.80. The molecule has 1 aliphatic heterocycles. The SMILES string of the molecule is CCNC1CCC(CC)CC1N(C)CC1CCCOC1. The first kappa shape index (κ1) is 16.3. The molecular formula is C17H34N2O. The number of nitrogens with zero attached hydrogens (tertiary/aromatic N) is 1. The molecule has 0 bridgehead atoms. The maximum atomic E-state index is 5.64. The largest absolute Gasteiger partial charge is 0.381 e. The first-order valence-electron chi connectivity index (χ1n) is 8.75. The van der Waals surface area contributed by atoms with Crippen molar-refractivity contribution in [2.24, 2.45) is 11.8 Å². The zero-order valence-electron chi connectivity index (χ0n) is 13.7. The van der Waals surface area contributed by atoms with Gasteiger partial charge in [0.25, 0.3) is 0 Å². The van der Waals surface area contributed by atoms with Gasteiger partial charge in [-0.05, 0) is 57.5 Å². The zero-order chi connectivity index (χ0) is 14.4. The zero-order valence-corrected chi connectivity index (χ0v) is 13.7. The van der Waals surface area contributed by atoms with E-state index >= 15 is 0 Å². The highest BCUT2D eigenvalue weighted by Crippen LogP contribution is 2.30. The van der Waals surface area contributed by atoms with E-state index in [0.29, 0.717) is 6.04 Å². The Morgan fingerprint density at radius 3 is 2.65 bits per heavy atom. The predicted octanol–water partition coefficient (Wildman–Crippen LogP) is 2.90. The number of nitrogens with one attached hydrogen (secondary N) is 1. The van der Waals surface area contributed by atoms with Gasteiger partial charge in [-0.3, -0.25) is 0 Å². The van der Waals surface area contributed by atoms with Gasteiger partial charge in [-0.15, -0.1) is 0 Å². The van der Waals surface area contributed by atoms with Crippen molar-refractivity contribution in [2.75, 3.05) is 33.4 Å². The highest BCUT2D eigenvalue weighted by Gasteiger charge is 2.32. The number of hydrogen-bond donors (Lipinski definition) is 1. The van der Waals surface area contributed by atoms with Crippen LogP contribution in [0.5, 0.6) is 0 Å². The molecular weight excluding hydrogens is 248 g/mol. The van der Waals surface area contributed by atoms with Gasteiger partial charge in [0.15, 0.2) is 0 Å². The van der Waals surface area contributed by atoms with Crippen molar-refractivity contribution in [3.8, 4) is 0 Å². The third-order valence-electron chi connectivity index (χ3n) is 5.34. The Bertz CT molecular complexity index is 266. The van der Waals surface area contributed by atoms with Crippen LogP contribution in [0.25, 0.3) is 0 Å². The molecule has 0 amide bonds. The minimum atomic E-state index is 0.692. The van der Waals surface area contributed by atoms with Crippen LogP contribution in [0.2, 0.25) is 0 Å². The van der Waals surface area contributed by atoms with Gasteiger partial charge in [0, 0.05) is 25.2 Å². The Kier molecular flexibility index (Phi) is 6.79. The molecule has 3 nitrogen and oxygen atoms in total. The fourth-order valence-corrected chi connectivity index (χ4v) is 4.08. The number of ether oxygens (including phenoxy) is 1. The van der Waals surface area contributed by atoms with Gasteiger partial charge in [0.05, 0.1) is 6.61 Å². The van der Waals surface area contributed by atoms with E-state index in [1.807, 2.05) is 0 Å². The summed E-state index contributed by atoms with van der Waals surface area (Å²) < 4.78 is 5.64. The summed E-state index contributed by atoms with van der Waals surface area (Å²) >= 11 is 0. The molecule has 2 rings (SSSR count). The van der Waals surface area contributed by atoms with Crippen LogP contribution in [0.3, 0.4) is 0 Å². The van der Waals surface area contributed by atoms with Gasteiger partial charge in [0.1, 0.15) is 0 Å². The monoisotopic (exact) mass is 282 g/mol. The lowest BCUT2D eigenvalue weighted by Gasteiger charge is -2.43. The van der Waals surface area contributed by atoms with E-state index in [4.69, 9.17) is 4.74 Å². The van der Waals surface area contributed by atoms with Crippen LogP contribution in [0.15, 0.2) is 0 Å². The summed E-state index contributed by atoms with van der Waals surface area (Å²) in [6, 6.07) is 1.41. The molecule has 0 radical (unpaired) electrons. The fourth-order valence-electron chi connectivity index (χ4n) is 4.08. The summed E-state index contributed by atoms with van der Waals surface area (Å²) in [6.07, 6.45) is 8.07. The highest BCUT2D eigenvalue weighted by atomic mass is 16.5. The summed E-state index contributed by atoms with van der Waals surface area (Å²) in [5.41, 5.74) is 0. The van der Waals surface area contributed by atoms with Crippen molar-refractivity contribution >= 4 is 0 Å². The van der Waals surface area contributed by atoms with Gasteiger partial charge < -0.3 is 15.0 Å². The van der Waals surface area contributed by atoms with Crippen molar-refractivity contribution < 1.29 is 4.74 Å². The Morgan fingerprint density at radius 1 is 1.15 bits per heavy atom. The van der Waals surface area contributed by atoms with Crippen LogP contribution in [0, 0.1) is 11.8 Å². The second-order valence-corrected chi connectivity index (χ2v) is 6.84. The Hall–Kier alpha value is -0.120. The Balaban J connectivity index is 1.89. The second-order valence-electron chi connectivity index (χ2n) is 6.84. The minimum absolute atomic E-state index is 0.692. The molecule has 0 aromatic heterocycles. The van der Waals surface area contributed by atoms with Crippen molar-refractivity contribution in [1.29, 1.82) is 0 Å². The molecule has 20 heavy (non-hydrogen) atoms. The molecule has 0 spiro atoms. The standard InChI is InChI=1S/C17H34N2O/c1-4-14-8-9-16(18-5-2)17(11-14)19(3)12-15-7-6-10-20-13-15/h14-18H,4-13H2,1-3H3. The van der Waals surface area contributed by atoms with E-state index in [1.165, 1.54) is 45.1 Å². The first-order chi connectivity index (χ1) is 9.74. The molecule has 4 unspecified atom stereocenters.